The van der Waals surface area contributed by atoms with Gasteiger partial charge >= 0.3 is 0 Å². The lowest BCUT2D eigenvalue weighted by molar-refractivity contribution is 0.0916. The van der Waals surface area contributed by atoms with E-state index in [9.17, 15) is 8.42 Å². The fourth-order valence-corrected chi connectivity index (χ4v) is 4.02. The number of nitrogens with two attached hydrogens (primary N) is 1. The highest BCUT2D eigenvalue weighted by Gasteiger charge is 2.31. The van der Waals surface area contributed by atoms with Crippen LogP contribution in [0.2, 0.25) is 0 Å². The summed E-state index contributed by atoms with van der Waals surface area (Å²) >= 11 is 0. The highest BCUT2D eigenvalue weighted by Crippen LogP contribution is 2.24. The average Bonchev–Trinajstić information content (AvgIpc) is 2.91. The van der Waals surface area contributed by atoms with Crippen LogP contribution in [0.15, 0.2) is 29.2 Å². The zero-order valence-electron chi connectivity index (χ0n) is 12.0. The molecule has 5 nitrogen and oxygen atoms in total. The van der Waals surface area contributed by atoms with E-state index in [2.05, 4.69) is 16.6 Å². The van der Waals surface area contributed by atoms with Crippen LogP contribution < -0.4 is 10.5 Å². The molecule has 0 heterocycles. The molecule has 2 atom stereocenters. The number of methoxy groups -OCH3 is 1. The molecule has 2 unspecified atom stereocenters. The van der Waals surface area contributed by atoms with E-state index in [1.165, 1.54) is 0 Å². The summed E-state index contributed by atoms with van der Waals surface area (Å²) in [7, 11) is -2.01. The Morgan fingerprint density at radius 2 is 2.14 bits per heavy atom. The fraction of sp³-hybridized carbons (Fsp3) is 0.467. The van der Waals surface area contributed by atoms with E-state index in [1.54, 1.807) is 31.4 Å². The fourth-order valence-electron chi connectivity index (χ4n) is 2.56. The third-order valence-electron chi connectivity index (χ3n) is 3.56. The molecule has 0 aliphatic heterocycles. The maximum atomic E-state index is 12.6. The van der Waals surface area contributed by atoms with E-state index < -0.39 is 10.0 Å². The highest BCUT2D eigenvalue weighted by atomic mass is 32.2. The van der Waals surface area contributed by atoms with Gasteiger partial charge in [-0.25, -0.2) is 13.1 Å². The molecule has 0 bridgehead atoms. The molecule has 0 spiro atoms. The summed E-state index contributed by atoms with van der Waals surface area (Å²) < 4.78 is 33.2. The van der Waals surface area contributed by atoms with Crippen molar-refractivity contribution in [1.82, 2.24) is 4.72 Å². The zero-order chi connectivity index (χ0) is 15.3. The molecule has 0 saturated heterocycles. The van der Waals surface area contributed by atoms with Gasteiger partial charge in [-0.2, -0.15) is 0 Å². The molecule has 3 N–H and O–H groups in total. The summed E-state index contributed by atoms with van der Waals surface area (Å²) in [5, 5.41) is 0. The minimum Gasteiger partial charge on any atom is -0.380 e. The summed E-state index contributed by atoms with van der Waals surface area (Å²) in [6, 6.07) is 6.49. The van der Waals surface area contributed by atoms with Crippen molar-refractivity contribution < 1.29 is 13.2 Å². The van der Waals surface area contributed by atoms with E-state index in [0.29, 0.717) is 5.56 Å². The maximum absolute atomic E-state index is 12.6. The van der Waals surface area contributed by atoms with Crippen LogP contribution in [-0.4, -0.2) is 34.2 Å². The van der Waals surface area contributed by atoms with Crippen molar-refractivity contribution in [1.29, 1.82) is 0 Å². The van der Waals surface area contributed by atoms with Crippen molar-refractivity contribution in [2.24, 2.45) is 5.73 Å². The Hall–Kier alpha value is -1.39. The first-order valence-corrected chi connectivity index (χ1v) is 8.40. The van der Waals surface area contributed by atoms with Gasteiger partial charge in [0.15, 0.2) is 0 Å². The van der Waals surface area contributed by atoms with Gasteiger partial charge in [-0.05, 0) is 31.4 Å². The first kappa shape index (κ1) is 16.0. The van der Waals surface area contributed by atoms with Gasteiger partial charge in [0.05, 0.1) is 17.5 Å². The zero-order valence-corrected chi connectivity index (χ0v) is 12.8. The van der Waals surface area contributed by atoms with Gasteiger partial charge in [-0.3, -0.25) is 0 Å². The van der Waals surface area contributed by atoms with Crippen molar-refractivity contribution in [3.8, 4) is 11.8 Å². The summed E-state index contributed by atoms with van der Waals surface area (Å²) in [4.78, 5) is 0.188. The van der Waals surface area contributed by atoms with E-state index >= 15 is 0 Å². The highest BCUT2D eigenvalue weighted by molar-refractivity contribution is 7.89. The molecule has 1 aliphatic rings. The van der Waals surface area contributed by atoms with Gasteiger partial charge in [0.2, 0.25) is 10.0 Å². The van der Waals surface area contributed by atoms with Crippen LogP contribution in [0.5, 0.6) is 0 Å². The molecule has 2 rings (SSSR count). The molecule has 21 heavy (non-hydrogen) atoms. The number of sulfonamides is 1. The van der Waals surface area contributed by atoms with Gasteiger partial charge in [-0.1, -0.05) is 24.0 Å². The Kier molecular flexibility index (Phi) is 5.37. The van der Waals surface area contributed by atoms with Crippen LogP contribution in [-0.2, 0) is 14.8 Å². The van der Waals surface area contributed by atoms with Crippen LogP contribution in [0.4, 0.5) is 0 Å². The van der Waals surface area contributed by atoms with Gasteiger partial charge in [-0.15, -0.1) is 0 Å². The topological polar surface area (TPSA) is 81.4 Å². The molecule has 1 saturated carbocycles. The molecule has 0 aromatic heterocycles. The molecule has 0 radical (unpaired) electrons. The Morgan fingerprint density at radius 3 is 2.86 bits per heavy atom. The molecule has 6 heteroatoms. The van der Waals surface area contributed by atoms with Gasteiger partial charge in [0.25, 0.3) is 0 Å². The van der Waals surface area contributed by atoms with E-state index in [-0.39, 0.29) is 23.6 Å². The number of ether oxygens (including phenoxy) is 1. The second-order valence-corrected chi connectivity index (χ2v) is 6.62. The lowest BCUT2D eigenvalue weighted by atomic mass is 10.2. The lowest BCUT2D eigenvalue weighted by Crippen LogP contribution is -2.40. The number of benzene rings is 1. The predicted octanol–water partition coefficient (Wildman–Crippen LogP) is 0.843. The van der Waals surface area contributed by atoms with E-state index in [4.69, 9.17) is 10.5 Å². The monoisotopic (exact) mass is 308 g/mol. The largest absolute Gasteiger partial charge is 0.380 e. The molecule has 0 amide bonds. The van der Waals surface area contributed by atoms with Crippen molar-refractivity contribution in [2.75, 3.05) is 13.7 Å². The first-order chi connectivity index (χ1) is 10.1. The van der Waals surface area contributed by atoms with E-state index in [1.807, 2.05) is 0 Å². The molecular weight excluding hydrogens is 288 g/mol. The molecule has 1 aromatic rings. The Morgan fingerprint density at radius 1 is 1.38 bits per heavy atom. The standard InChI is InChI=1S/C15H20N2O3S/c1-20-14-9-4-8-13(14)17-21(18,19)15-10-3-2-6-12(15)7-5-11-16/h2-3,6,10,13-14,17H,4,8-9,11,16H2,1H3. The number of hydrogen-bond donors (Lipinski definition) is 2. The SMILES string of the molecule is COC1CCCC1NS(=O)(=O)c1ccccc1C#CCN. The minimum atomic E-state index is -3.62. The predicted molar refractivity (Wildman–Crippen MR) is 81.1 cm³/mol. The Balaban J connectivity index is 2.27. The second kappa shape index (κ2) is 7.05. The number of nitrogens with one attached hydrogen (secondary N) is 1. The van der Waals surface area contributed by atoms with Crippen molar-refractivity contribution in [2.45, 2.75) is 36.3 Å². The van der Waals surface area contributed by atoms with Gasteiger partial charge in [0, 0.05) is 18.7 Å². The van der Waals surface area contributed by atoms with Gasteiger partial charge in [0.1, 0.15) is 0 Å². The van der Waals surface area contributed by atoms with Crippen molar-refractivity contribution in [3.63, 3.8) is 0 Å². The van der Waals surface area contributed by atoms with Crippen LogP contribution in [0.3, 0.4) is 0 Å². The van der Waals surface area contributed by atoms with Crippen molar-refractivity contribution >= 4 is 10.0 Å². The molecule has 1 aliphatic carbocycles. The molecule has 1 fully saturated rings. The van der Waals surface area contributed by atoms with Crippen LogP contribution in [0.1, 0.15) is 24.8 Å². The maximum Gasteiger partial charge on any atom is 0.242 e. The number of hydrogen-bond acceptors (Lipinski definition) is 4. The Labute approximate surface area is 125 Å². The second-order valence-electron chi connectivity index (χ2n) is 4.93. The number of rotatable bonds is 4. The average molecular weight is 308 g/mol. The van der Waals surface area contributed by atoms with Crippen LogP contribution >= 0.6 is 0 Å². The minimum absolute atomic E-state index is 0.0675. The van der Waals surface area contributed by atoms with E-state index in [0.717, 1.165) is 19.3 Å². The third-order valence-corrected chi connectivity index (χ3v) is 5.11. The third kappa shape index (κ3) is 3.83. The normalized spacial score (nSPS) is 21.8. The summed E-state index contributed by atoms with van der Waals surface area (Å²) in [5.41, 5.74) is 5.81. The van der Waals surface area contributed by atoms with Crippen LogP contribution in [0, 0.1) is 11.8 Å². The summed E-state index contributed by atoms with van der Waals surface area (Å²) in [6.45, 7) is 0.191. The summed E-state index contributed by atoms with van der Waals surface area (Å²) in [5.74, 6) is 5.50. The van der Waals surface area contributed by atoms with Crippen LogP contribution in [0.25, 0.3) is 0 Å². The Bertz CT molecular complexity index is 646. The van der Waals surface area contributed by atoms with Gasteiger partial charge < -0.3 is 10.5 Å². The molecule has 1 aromatic carbocycles. The lowest BCUT2D eigenvalue weighted by Gasteiger charge is -2.20. The molecule has 114 valence electrons. The quantitative estimate of drug-likeness (QED) is 0.808. The first-order valence-electron chi connectivity index (χ1n) is 6.91. The van der Waals surface area contributed by atoms with Crippen molar-refractivity contribution in [3.05, 3.63) is 29.8 Å². The smallest absolute Gasteiger partial charge is 0.242 e. The summed E-state index contributed by atoms with van der Waals surface area (Å²) in [6.07, 6.45) is 2.55. The molecular formula is C15H20N2O3S.